The summed E-state index contributed by atoms with van der Waals surface area (Å²) in [5.41, 5.74) is -0.401. The van der Waals surface area contributed by atoms with E-state index in [0.717, 1.165) is 31.4 Å². The Balaban J connectivity index is 2.08. The number of piperidine rings is 1. The number of carbonyl (C=O) groups is 1. The van der Waals surface area contributed by atoms with Gasteiger partial charge in [0.15, 0.2) is 0 Å². The number of hydrogen-bond acceptors (Lipinski definition) is 2. The van der Waals surface area contributed by atoms with Gasteiger partial charge in [0.1, 0.15) is 0 Å². The van der Waals surface area contributed by atoms with Crippen molar-refractivity contribution in [3.05, 3.63) is 35.4 Å². The summed E-state index contributed by atoms with van der Waals surface area (Å²) in [6.45, 7) is 0.456. The van der Waals surface area contributed by atoms with E-state index < -0.39 is 11.7 Å². The largest absolute Gasteiger partial charge is 0.416 e. The van der Waals surface area contributed by atoms with Crippen molar-refractivity contribution in [2.24, 2.45) is 0 Å². The molecule has 1 amide bonds. The molecule has 1 N–H and O–H groups in total. The molecule has 1 aliphatic heterocycles. The van der Waals surface area contributed by atoms with Gasteiger partial charge in [0.25, 0.3) is 0 Å². The maximum Gasteiger partial charge on any atom is 0.416 e. The number of benzene rings is 1. The van der Waals surface area contributed by atoms with Crippen molar-refractivity contribution in [2.75, 3.05) is 13.2 Å². The number of likely N-dealkylation sites (tertiary alicyclic amines) is 1. The van der Waals surface area contributed by atoms with Gasteiger partial charge in [-0.05, 0) is 30.9 Å². The highest BCUT2D eigenvalue weighted by Crippen LogP contribution is 2.29. The molecule has 1 fully saturated rings. The van der Waals surface area contributed by atoms with Gasteiger partial charge < -0.3 is 10.0 Å². The molecule has 1 heterocycles. The molecule has 0 spiro atoms. The molecule has 1 saturated heterocycles. The van der Waals surface area contributed by atoms with Crippen LogP contribution in [0.3, 0.4) is 0 Å². The Morgan fingerprint density at radius 3 is 2.76 bits per heavy atom. The molecule has 1 atom stereocenters. The first-order chi connectivity index (χ1) is 9.91. The van der Waals surface area contributed by atoms with Crippen LogP contribution in [0.2, 0.25) is 0 Å². The predicted octanol–water partition coefficient (Wildman–Crippen LogP) is 2.62. The zero-order valence-corrected chi connectivity index (χ0v) is 11.6. The summed E-state index contributed by atoms with van der Waals surface area (Å²) in [4.78, 5) is 13.8. The molecule has 2 rings (SSSR count). The number of nitrogens with zero attached hydrogens (tertiary/aromatic N) is 1. The van der Waals surface area contributed by atoms with Gasteiger partial charge in [-0.15, -0.1) is 0 Å². The summed E-state index contributed by atoms with van der Waals surface area (Å²) in [6.07, 6.45) is -1.91. The van der Waals surface area contributed by atoms with Gasteiger partial charge >= 0.3 is 6.18 Å². The molecule has 1 unspecified atom stereocenters. The number of hydrogen-bond donors (Lipinski definition) is 1. The minimum absolute atomic E-state index is 0.0690. The molecule has 0 bridgehead atoms. The average Bonchev–Trinajstić information content (AvgIpc) is 2.46. The number of amides is 1. The van der Waals surface area contributed by atoms with Crippen molar-refractivity contribution in [3.63, 3.8) is 0 Å². The summed E-state index contributed by atoms with van der Waals surface area (Å²) in [6, 6.07) is 4.62. The summed E-state index contributed by atoms with van der Waals surface area (Å²) < 4.78 is 37.9. The molecule has 6 heteroatoms. The van der Waals surface area contributed by atoms with Crippen LogP contribution >= 0.6 is 0 Å². The predicted molar refractivity (Wildman–Crippen MR) is 71.6 cm³/mol. The molecule has 0 aromatic heterocycles. The maximum atomic E-state index is 12.6. The molecular formula is C15H18F3NO2. The van der Waals surface area contributed by atoms with E-state index in [0.29, 0.717) is 12.1 Å². The molecule has 0 aliphatic carbocycles. The highest BCUT2D eigenvalue weighted by molar-refractivity contribution is 5.79. The number of alkyl halides is 3. The number of halogens is 3. The molecule has 0 saturated carbocycles. The quantitative estimate of drug-likeness (QED) is 0.932. The van der Waals surface area contributed by atoms with Gasteiger partial charge in [-0.3, -0.25) is 4.79 Å². The molecule has 3 nitrogen and oxygen atoms in total. The van der Waals surface area contributed by atoms with E-state index in [2.05, 4.69) is 0 Å². The van der Waals surface area contributed by atoms with E-state index in [9.17, 15) is 23.1 Å². The second kappa shape index (κ2) is 6.47. The van der Waals surface area contributed by atoms with Crippen LogP contribution in [0.25, 0.3) is 0 Å². The molecule has 1 aromatic carbocycles. The van der Waals surface area contributed by atoms with Crippen molar-refractivity contribution in [1.82, 2.24) is 4.90 Å². The fourth-order valence-electron chi connectivity index (χ4n) is 2.65. The Morgan fingerprint density at radius 1 is 1.33 bits per heavy atom. The minimum Gasteiger partial charge on any atom is -0.394 e. The van der Waals surface area contributed by atoms with E-state index >= 15 is 0 Å². The van der Waals surface area contributed by atoms with E-state index in [4.69, 9.17) is 0 Å². The van der Waals surface area contributed by atoms with Crippen molar-refractivity contribution in [2.45, 2.75) is 37.9 Å². The van der Waals surface area contributed by atoms with Crippen LogP contribution in [-0.4, -0.2) is 35.1 Å². The Labute approximate surface area is 121 Å². The first-order valence-corrected chi connectivity index (χ1v) is 6.98. The Hall–Kier alpha value is -1.56. The summed E-state index contributed by atoms with van der Waals surface area (Å²) in [5.74, 6) is -0.229. The van der Waals surface area contributed by atoms with Crippen molar-refractivity contribution >= 4 is 5.91 Å². The van der Waals surface area contributed by atoms with Crippen LogP contribution in [0.1, 0.15) is 30.4 Å². The Morgan fingerprint density at radius 2 is 2.10 bits per heavy atom. The third kappa shape index (κ3) is 3.97. The van der Waals surface area contributed by atoms with Crippen molar-refractivity contribution < 1.29 is 23.1 Å². The SMILES string of the molecule is O=C(Cc1cccc(C(F)(F)F)c1)N1CCCCC1CO. The summed E-state index contributed by atoms with van der Waals surface area (Å²) >= 11 is 0. The van der Waals surface area contributed by atoms with Crippen LogP contribution in [-0.2, 0) is 17.4 Å². The van der Waals surface area contributed by atoms with Crippen molar-refractivity contribution in [1.29, 1.82) is 0 Å². The standard InChI is InChI=1S/C15H18F3NO2/c16-15(17,18)12-5-3-4-11(8-12)9-14(21)19-7-2-1-6-13(19)10-20/h3-5,8,13,20H,1-2,6-7,9-10H2. The first-order valence-electron chi connectivity index (χ1n) is 6.98. The lowest BCUT2D eigenvalue weighted by Crippen LogP contribution is -2.46. The molecule has 1 aromatic rings. The van der Waals surface area contributed by atoms with E-state index in [-0.39, 0.29) is 25.0 Å². The minimum atomic E-state index is -4.40. The van der Waals surface area contributed by atoms with Crippen LogP contribution in [0.5, 0.6) is 0 Å². The normalized spacial score (nSPS) is 19.6. The monoisotopic (exact) mass is 301 g/mol. The second-order valence-electron chi connectivity index (χ2n) is 5.29. The van der Waals surface area contributed by atoms with Crippen molar-refractivity contribution in [3.8, 4) is 0 Å². The summed E-state index contributed by atoms with van der Waals surface area (Å²) in [5, 5.41) is 9.28. The first kappa shape index (κ1) is 15.8. The average molecular weight is 301 g/mol. The van der Waals surface area contributed by atoms with E-state index in [1.165, 1.54) is 12.1 Å². The highest BCUT2D eigenvalue weighted by atomic mass is 19.4. The van der Waals surface area contributed by atoms with Gasteiger partial charge in [0.05, 0.1) is 24.6 Å². The third-order valence-corrected chi connectivity index (χ3v) is 3.77. The Bertz CT molecular complexity index is 502. The highest BCUT2D eigenvalue weighted by Gasteiger charge is 2.31. The van der Waals surface area contributed by atoms with Crippen LogP contribution in [0.15, 0.2) is 24.3 Å². The second-order valence-corrected chi connectivity index (χ2v) is 5.29. The molecule has 1 aliphatic rings. The lowest BCUT2D eigenvalue weighted by Gasteiger charge is -2.34. The van der Waals surface area contributed by atoms with Crippen LogP contribution in [0.4, 0.5) is 13.2 Å². The number of rotatable bonds is 3. The topological polar surface area (TPSA) is 40.5 Å². The number of aliphatic hydroxyl groups excluding tert-OH is 1. The van der Waals surface area contributed by atoms with Gasteiger partial charge in [-0.1, -0.05) is 18.2 Å². The fraction of sp³-hybridized carbons (Fsp3) is 0.533. The lowest BCUT2D eigenvalue weighted by molar-refractivity contribution is -0.138. The van der Waals surface area contributed by atoms with E-state index in [1.54, 1.807) is 4.90 Å². The zero-order chi connectivity index (χ0) is 15.5. The number of carbonyl (C=O) groups excluding carboxylic acids is 1. The third-order valence-electron chi connectivity index (χ3n) is 3.77. The maximum absolute atomic E-state index is 12.6. The Kier molecular flexibility index (Phi) is 4.88. The zero-order valence-electron chi connectivity index (χ0n) is 11.6. The molecular weight excluding hydrogens is 283 g/mol. The lowest BCUT2D eigenvalue weighted by atomic mass is 10.0. The van der Waals surface area contributed by atoms with Crippen LogP contribution in [0, 0.1) is 0 Å². The fourth-order valence-corrected chi connectivity index (χ4v) is 2.65. The number of aliphatic hydroxyl groups is 1. The van der Waals surface area contributed by atoms with Gasteiger partial charge in [0, 0.05) is 6.54 Å². The summed E-state index contributed by atoms with van der Waals surface area (Å²) in [7, 11) is 0. The molecule has 116 valence electrons. The van der Waals surface area contributed by atoms with Gasteiger partial charge in [-0.25, -0.2) is 0 Å². The smallest absolute Gasteiger partial charge is 0.394 e. The van der Waals surface area contributed by atoms with Gasteiger partial charge in [-0.2, -0.15) is 13.2 Å². The molecule has 0 radical (unpaired) electrons. The van der Waals surface area contributed by atoms with Gasteiger partial charge in [0.2, 0.25) is 5.91 Å². The van der Waals surface area contributed by atoms with E-state index in [1.807, 2.05) is 0 Å². The molecule has 21 heavy (non-hydrogen) atoms. The van der Waals surface area contributed by atoms with Crippen LogP contribution < -0.4 is 0 Å².